The number of halogens is 1. The number of pyridine rings is 1. The molecule has 1 saturated carbocycles. The minimum atomic E-state index is -0.640. The van der Waals surface area contributed by atoms with Crippen LogP contribution in [0.4, 0.5) is 0 Å². The van der Waals surface area contributed by atoms with Crippen LogP contribution in [-0.2, 0) is 5.60 Å². The van der Waals surface area contributed by atoms with Crippen molar-refractivity contribution in [3.8, 4) is 0 Å². The number of aromatic nitrogens is 2. The normalized spacial score (nSPS) is 18.7. The first-order valence-electron chi connectivity index (χ1n) is 4.54. The molecule has 0 aliphatic heterocycles. The summed E-state index contributed by atoms with van der Waals surface area (Å²) in [5, 5.41) is 9.88. The fourth-order valence-electron chi connectivity index (χ4n) is 1.56. The van der Waals surface area contributed by atoms with E-state index in [0.717, 1.165) is 28.7 Å². The third-order valence-corrected chi connectivity index (χ3v) is 3.08. The predicted molar refractivity (Wildman–Crippen MR) is 56.0 cm³/mol. The number of fused-ring (bicyclic) bond motifs is 1. The van der Waals surface area contributed by atoms with Gasteiger partial charge in [-0.3, -0.25) is 0 Å². The maximum Gasteiger partial charge on any atom is 0.137 e. The Labute approximate surface area is 89.5 Å². The van der Waals surface area contributed by atoms with E-state index in [9.17, 15) is 5.11 Å². The molecule has 14 heavy (non-hydrogen) atoms. The Balaban J connectivity index is 2.20. The van der Waals surface area contributed by atoms with Gasteiger partial charge >= 0.3 is 0 Å². The van der Waals surface area contributed by atoms with Crippen LogP contribution in [0.25, 0.3) is 5.65 Å². The number of rotatable bonds is 1. The Morgan fingerprint density at radius 3 is 2.86 bits per heavy atom. The van der Waals surface area contributed by atoms with Gasteiger partial charge in [0.25, 0.3) is 0 Å². The molecule has 1 fully saturated rings. The Kier molecular flexibility index (Phi) is 1.56. The van der Waals surface area contributed by atoms with Gasteiger partial charge < -0.3 is 9.51 Å². The third-order valence-electron chi connectivity index (χ3n) is 2.62. The zero-order valence-corrected chi connectivity index (χ0v) is 9.03. The second-order valence-electron chi connectivity index (χ2n) is 3.77. The average Bonchev–Trinajstić information content (AvgIpc) is 2.77. The van der Waals surface area contributed by atoms with Crippen molar-refractivity contribution in [2.24, 2.45) is 0 Å². The van der Waals surface area contributed by atoms with Crippen molar-refractivity contribution >= 4 is 21.6 Å². The molecular weight excluding hydrogens is 244 g/mol. The van der Waals surface area contributed by atoms with Gasteiger partial charge in [0.05, 0.1) is 5.69 Å². The second-order valence-corrected chi connectivity index (χ2v) is 4.69. The Bertz CT molecular complexity index is 502. The summed E-state index contributed by atoms with van der Waals surface area (Å²) in [5.41, 5.74) is 1.03. The van der Waals surface area contributed by atoms with Gasteiger partial charge in [0.1, 0.15) is 11.2 Å². The first-order chi connectivity index (χ1) is 6.67. The molecule has 0 aromatic carbocycles. The highest BCUT2D eigenvalue weighted by molar-refractivity contribution is 9.10. The smallest absolute Gasteiger partial charge is 0.137 e. The van der Waals surface area contributed by atoms with Crippen molar-refractivity contribution < 1.29 is 5.11 Å². The van der Waals surface area contributed by atoms with E-state index in [1.54, 1.807) is 0 Å². The molecule has 0 unspecified atom stereocenters. The first kappa shape index (κ1) is 8.44. The number of hydrogen-bond donors (Lipinski definition) is 1. The molecule has 4 heteroatoms. The van der Waals surface area contributed by atoms with E-state index >= 15 is 0 Å². The first-order valence-corrected chi connectivity index (χ1v) is 5.34. The van der Waals surface area contributed by atoms with Crippen LogP contribution in [0.5, 0.6) is 0 Å². The Morgan fingerprint density at radius 1 is 1.36 bits per heavy atom. The van der Waals surface area contributed by atoms with Crippen molar-refractivity contribution in [2.75, 3.05) is 0 Å². The summed E-state index contributed by atoms with van der Waals surface area (Å²) in [6, 6.07) is 3.88. The lowest BCUT2D eigenvalue weighted by Gasteiger charge is -1.99. The van der Waals surface area contributed by atoms with Crippen LogP contribution < -0.4 is 0 Å². The van der Waals surface area contributed by atoms with E-state index in [1.807, 2.05) is 28.9 Å². The minimum absolute atomic E-state index is 0.640. The molecule has 2 aromatic heterocycles. The van der Waals surface area contributed by atoms with E-state index < -0.39 is 5.60 Å². The summed E-state index contributed by atoms with van der Waals surface area (Å²) in [5.74, 6) is 0. The SMILES string of the molecule is OC1(c2cn3cc(Br)ccc3n2)CC1. The van der Waals surface area contributed by atoms with Crippen molar-refractivity contribution in [3.63, 3.8) is 0 Å². The van der Waals surface area contributed by atoms with Crippen LogP contribution in [0.2, 0.25) is 0 Å². The monoisotopic (exact) mass is 252 g/mol. The molecule has 0 radical (unpaired) electrons. The number of imidazole rings is 1. The lowest BCUT2D eigenvalue weighted by atomic mass is 10.2. The quantitative estimate of drug-likeness (QED) is 0.844. The second kappa shape index (κ2) is 2.58. The molecule has 3 nitrogen and oxygen atoms in total. The molecule has 0 atom stereocenters. The molecule has 2 heterocycles. The summed E-state index contributed by atoms with van der Waals surface area (Å²) in [7, 11) is 0. The maximum absolute atomic E-state index is 9.88. The highest BCUT2D eigenvalue weighted by Crippen LogP contribution is 2.44. The summed E-state index contributed by atoms with van der Waals surface area (Å²) in [6.07, 6.45) is 5.50. The van der Waals surface area contributed by atoms with Gasteiger partial charge in [-0.1, -0.05) is 0 Å². The van der Waals surface area contributed by atoms with Crippen LogP contribution in [0, 0.1) is 0 Å². The molecule has 3 rings (SSSR count). The summed E-state index contributed by atoms with van der Waals surface area (Å²) < 4.78 is 2.94. The molecule has 2 aromatic rings. The van der Waals surface area contributed by atoms with E-state index in [2.05, 4.69) is 20.9 Å². The molecule has 0 bridgehead atoms. The molecule has 0 saturated heterocycles. The van der Waals surface area contributed by atoms with Gasteiger partial charge in [-0.05, 0) is 40.9 Å². The summed E-state index contributed by atoms with van der Waals surface area (Å²) in [6.45, 7) is 0. The van der Waals surface area contributed by atoms with Crippen LogP contribution in [0.1, 0.15) is 18.5 Å². The molecule has 0 amide bonds. The lowest BCUT2D eigenvalue weighted by Crippen LogP contribution is -2.03. The molecule has 1 aliphatic carbocycles. The third kappa shape index (κ3) is 1.18. The summed E-state index contributed by atoms with van der Waals surface area (Å²) in [4.78, 5) is 4.38. The van der Waals surface area contributed by atoms with Gasteiger partial charge in [0.15, 0.2) is 0 Å². The zero-order valence-electron chi connectivity index (χ0n) is 7.44. The fourth-order valence-corrected chi connectivity index (χ4v) is 1.92. The van der Waals surface area contributed by atoms with Crippen molar-refractivity contribution in [2.45, 2.75) is 18.4 Å². The number of hydrogen-bond acceptors (Lipinski definition) is 2. The molecule has 0 spiro atoms. The maximum atomic E-state index is 9.88. The summed E-state index contributed by atoms with van der Waals surface area (Å²) >= 11 is 3.40. The van der Waals surface area contributed by atoms with E-state index in [1.165, 1.54) is 0 Å². The minimum Gasteiger partial charge on any atom is -0.383 e. The van der Waals surface area contributed by atoms with Crippen LogP contribution in [-0.4, -0.2) is 14.5 Å². The van der Waals surface area contributed by atoms with Gasteiger partial charge in [0, 0.05) is 16.9 Å². The number of aliphatic hydroxyl groups is 1. The van der Waals surface area contributed by atoms with Gasteiger partial charge in [-0.15, -0.1) is 0 Å². The van der Waals surface area contributed by atoms with E-state index in [0.29, 0.717) is 0 Å². The van der Waals surface area contributed by atoms with Crippen molar-refractivity contribution in [1.82, 2.24) is 9.38 Å². The van der Waals surface area contributed by atoms with E-state index in [4.69, 9.17) is 0 Å². The highest BCUT2D eigenvalue weighted by Gasteiger charge is 2.44. The van der Waals surface area contributed by atoms with Crippen molar-refractivity contribution in [1.29, 1.82) is 0 Å². The highest BCUT2D eigenvalue weighted by atomic mass is 79.9. The van der Waals surface area contributed by atoms with E-state index in [-0.39, 0.29) is 0 Å². The predicted octanol–water partition coefficient (Wildman–Crippen LogP) is 2.08. The van der Waals surface area contributed by atoms with Gasteiger partial charge in [-0.25, -0.2) is 4.98 Å². The molecule has 1 aliphatic rings. The fraction of sp³-hybridized carbons (Fsp3) is 0.300. The van der Waals surface area contributed by atoms with Crippen LogP contribution in [0.15, 0.2) is 29.0 Å². The molecule has 1 N–H and O–H groups in total. The molecule has 72 valence electrons. The zero-order chi connectivity index (χ0) is 9.76. The molecular formula is C10H9BrN2O. The van der Waals surface area contributed by atoms with Crippen LogP contribution in [0.3, 0.4) is 0 Å². The lowest BCUT2D eigenvalue weighted by molar-refractivity contribution is 0.147. The number of nitrogens with zero attached hydrogens (tertiary/aromatic N) is 2. The Morgan fingerprint density at radius 2 is 2.14 bits per heavy atom. The van der Waals surface area contributed by atoms with Crippen molar-refractivity contribution in [3.05, 3.63) is 34.7 Å². The largest absolute Gasteiger partial charge is 0.383 e. The van der Waals surface area contributed by atoms with Gasteiger partial charge in [-0.2, -0.15) is 0 Å². The topological polar surface area (TPSA) is 37.5 Å². The van der Waals surface area contributed by atoms with Crippen LogP contribution >= 0.6 is 15.9 Å². The average molecular weight is 253 g/mol. The standard InChI is InChI=1S/C10H9BrN2O/c11-7-1-2-9-12-8(6-13(9)5-7)10(14)3-4-10/h1-2,5-6,14H,3-4H2. The Hall–Kier alpha value is -0.870. The van der Waals surface area contributed by atoms with Gasteiger partial charge in [0.2, 0.25) is 0 Å².